The van der Waals surface area contributed by atoms with Gasteiger partial charge in [-0.1, -0.05) is 53.2 Å². The lowest BCUT2D eigenvalue weighted by molar-refractivity contribution is 0.581. The molecule has 0 aliphatic heterocycles. The number of nitriles is 2. The molecule has 0 spiro atoms. The normalized spacial score (nSPS) is 15.3. The highest BCUT2D eigenvalue weighted by molar-refractivity contribution is 6.35. The molecule has 5 aromatic rings. The summed E-state index contributed by atoms with van der Waals surface area (Å²) in [7, 11) is 0. The van der Waals surface area contributed by atoms with E-state index in [9.17, 15) is 16.3 Å². The van der Waals surface area contributed by atoms with Gasteiger partial charge in [-0.15, -0.1) is 5.10 Å². The first-order valence-corrected chi connectivity index (χ1v) is 13.3. The zero-order chi connectivity index (χ0) is 29.3. The molecule has 0 amide bonds. The number of pyridine rings is 2. The number of anilines is 2. The maximum absolute atomic E-state index is 13.7. The molecule has 41 heavy (non-hydrogen) atoms. The second-order valence-corrected chi connectivity index (χ2v) is 10.1. The summed E-state index contributed by atoms with van der Waals surface area (Å²) in [6.45, 7) is 0. The van der Waals surface area contributed by atoms with Crippen LogP contribution in [0.4, 0.5) is 15.8 Å². The lowest BCUT2D eigenvalue weighted by Crippen LogP contribution is -2.14. The summed E-state index contributed by atoms with van der Waals surface area (Å²) in [5.41, 5.74) is 3.08. The van der Waals surface area contributed by atoms with E-state index < -0.39 is 18.0 Å². The molecular formula is C30H23ClFN9. The van der Waals surface area contributed by atoms with Crippen molar-refractivity contribution in [3.63, 3.8) is 0 Å². The number of fused-ring (bicyclic) bond motifs is 1. The first-order chi connectivity index (χ1) is 20.4. The zero-order valence-electron chi connectivity index (χ0n) is 22.6. The fourth-order valence-corrected chi connectivity index (χ4v) is 4.90. The van der Waals surface area contributed by atoms with Crippen LogP contribution in [0.3, 0.4) is 0 Å². The highest BCUT2D eigenvalue weighted by atomic mass is 35.5. The molecule has 0 unspecified atom stereocenters. The molecule has 0 bridgehead atoms. The van der Waals surface area contributed by atoms with Crippen molar-refractivity contribution in [1.82, 2.24) is 25.0 Å². The smallest absolute Gasteiger partial charge is 0.212 e. The van der Waals surface area contributed by atoms with Crippen LogP contribution in [0, 0.1) is 28.6 Å². The van der Waals surface area contributed by atoms with Crippen molar-refractivity contribution < 1.29 is 5.76 Å². The summed E-state index contributed by atoms with van der Waals surface area (Å²) in [6.07, 6.45) is 6.54. The highest BCUT2D eigenvalue weighted by Crippen LogP contribution is 2.38. The second kappa shape index (κ2) is 11.2. The van der Waals surface area contributed by atoms with Crippen molar-refractivity contribution >= 4 is 33.9 Å². The van der Waals surface area contributed by atoms with E-state index in [0.29, 0.717) is 33.5 Å². The summed E-state index contributed by atoms with van der Waals surface area (Å²) >= 11 is 6.72. The molecule has 1 fully saturated rings. The van der Waals surface area contributed by atoms with Gasteiger partial charge in [0.2, 0.25) is 5.95 Å². The third kappa shape index (κ3) is 5.51. The van der Waals surface area contributed by atoms with Gasteiger partial charge >= 0.3 is 0 Å². The van der Waals surface area contributed by atoms with E-state index in [1.54, 1.807) is 23.0 Å². The SMILES string of the molecule is [2H][C@](Nc1cc(Cl)c2ncc(C#N)c(N[C@@H](CC#N)c3ccccc3)c2c1)(c1ccc(F)nc1)c1cn(C2CC2)nn1. The summed E-state index contributed by atoms with van der Waals surface area (Å²) < 4.78 is 25.0. The van der Waals surface area contributed by atoms with Crippen LogP contribution in [0.2, 0.25) is 5.02 Å². The van der Waals surface area contributed by atoms with Crippen molar-refractivity contribution in [3.05, 3.63) is 107 Å². The number of halogens is 2. The Morgan fingerprint density at radius 2 is 1.90 bits per heavy atom. The second-order valence-electron chi connectivity index (χ2n) is 9.67. The highest BCUT2D eigenvalue weighted by Gasteiger charge is 2.27. The molecule has 11 heteroatoms. The topological polar surface area (TPSA) is 128 Å². The predicted octanol–water partition coefficient (Wildman–Crippen LogP) is 6.49. The van der Waals surface area contributed by atoms with Gasteiger partial charge in [-0.05, 0) is 42.2 Å². The third-order valence-electron chi connectivity index (χ3n) is 6.83. The van der Waals surface area contributed by atoms with E-state index in [2.05, 4.69) is 43.1 Å². The summed E-state index contributed by atoms with van der Waals surface area (Å²) in [6, 6.07) is 18.0. The van der Waals surface area contributed by atoms with Gasteiger partial charge in [0.05, 0.1) is 59.9 Å². The average molecular weight is 565 g/mol. The van der Waals surface area contributed by atoms with Crippen molar-refractivity contribution in [1.29, 1.82) is 10.5 Å². The number of hydrogen-bond donors (Lipinski definition) is 2. The van der Waals surface area contributed by atoms with E-state index in [4.69, 9.17) is 11.6 Å². The van der Waals surface area contributed by atoms with Crippen LogP contribution >= 0.6 is 11.6 Å². The average Bonchev–Trinajstić information content (AvgIpc) is 3.73. The Hall–Kier alpha value is -5.06. The molecule has 202 valence electrons. The predicted molar refractivity (Wildman–Crippen MR) is 152 cm³/mol. The first kappa shape index (κ1) is 24.9. The molecule has 3 heterocycles. The fourth-order valence-electron chi connectivity index (χ4n) is 4.64. The van der Waals surface area contributed by atoms with Crippen LogP contribution in [0.1, 0.15) is 61.1 Å². The summed E-state index contributed by atoms with van der Waals surface area (Å²) in [5, 5.41) is 35.4. The van der Waals surface area contributed by atoms with Gasteiger partial charge in [0.25, 0.3) is 0 Å². The van der Waals surface area contributed by atoms with Gasteiger partial charge in [0, 0.05) is 23.5 Å². The Labute approximate surface area is 241 Å². The molecule has 2 N–H and O–H groups in total. The number of hydrogen-bond acceptors (Lipinski definition) is 8. The van der Waals surface area contributed by atoms with Crippen LogP contribution in [0.15, 0.2) is 73.2 Å². The van der Waals surface area contributed by atoms with Crippen LogP contribution in [0.5, 0.6) is 0 Å². The number of benzene rings is 2. The molecule has 0 radical (unpaired) electrons. The maximum Gasteiger partial charge on any atom is 0.212 e. The van der Waals surface area contributed by atoms with Crippen molar-refractivity contribution in [2.24, 2.45) is 0 Å². The minimum absolute atomic E-state index is 0.147. The molecule has 2 atom stereocenters. The number of aromatic nitrogens is 5. The molecule has 1 saturated carbocycles. The molecular weight excluding hydrogens is 541 g/mol. The van der Waals surface area contributed by atoms with E-state index in [-0.39, 0.29) is 23.0 Å². The van der Waals surface area contributed by atoms with E-state index in [0.717, 1.165) is 18.4 Å². The van der Waals surface area contributed by atoms with Crippen molar-refractivity contribution in [3.8, 4) is 12.1 Å². The largest absolute Gasteiger partial charge is 0.376 e. The monoisotopic (exact) mass is 564 g/mol. The summed E-state index contributed by atoms with van der Waals surface area (Å²) in [4.78, 5) is 8.18. The van der Waals surface area contributed by atoms with E-state index in [1.165, 1.54) is 24.5 Å². The van der Waals surface area contributed by atoms with Crippen molar-refractivity contribution in [2.45, 2.75) is 37.4 Å². The fraction of sp³-hybridized carbons (Fsp3) is 0.200. The molecule has 0 saturated heterocycles. The van der Waals surface area contributed by atoms with Gasteiger partial charge in [0.15, 0.2) is 0 Å². The Morgan fingerprint density at radius 1 is 1.07 bits per heavy atom. The quantitative estimate of drug-likeness (QED) is 0.194. The lowest BCUT2D eigenvalue weighted by atomic mass is 10.0. The van der Waals surface area contributed by atoms with Crippen LogP contribution in [-0.4, -0.2) is 25.0 Å². The Morgan fingerprint density at radius 3 is 2.61 bits per heavy atom. The standard InChI is InChI=1S/C30H23ClFN9/c31-24-13-21(37-29(19-6-9-27(32)35-15-19)26-17-41(40-39-26)22-7-8-22)12-23-28(20(14-34)16-36-30(23)24)38-25(10-11-33)18-4-2-1-3-5-18/h1-6,9,12-13,15-17,22,25,29,37H,7-8,10H2,(H,36,38)/t25-,29-/m0/s1/i29D. The molecule has 1 aliphatic rings. The Kier molecular flexibility index (Phi) is 6.82. The Balaban J connectivity index is 1.46. The maximum atomic E-state index is 13.7. The number of nitrogens with zero attached hydrogens (tertiary/aromatic N) is 7. The van der Waals surface area contributed by atoms with Crippen LogP contribution in [-0.2, 0) is 0 Å². The minimum Gasteiger partial charge on any atom is -0.376 e. The van der Waals surface area contributed by atoms with Gasteiger partial charge in [0.1, 0.15) is 11.8 Å². The molecule has 2 aromatic carbocycles. The van der Waals surface area contributed by atoms with Gasteiger partial charge in [-0.2, -0.15) is 14.9 Å². The molecule has 9 nitrogen and oxygen atoms in total. The third-order valence-corrected chi connectivity index (χ3v) is 7.12. The first-order valence-electron chi connectivity index (χ1n) is 13.4. The van der Waals surface area contributed by atoms with E-state index >= 15 is 0 Å². The number of rotatable bonds is 9. The van der Waals surface area contributed by atoms with Crippen molar-refractivity contribution in [2.75, 3.05) is 10.6 Å². The summed E-state index contributed by atoms with van der Waals surface area (Å²) in [5.74, 6) is -0.673. The molecule has 6 rings (SSSR count). The van der Waals surface area contributed by atoms with Gasteiger partial charge in [-0.3, -0.25) is 4.98 Å². The molecule has 3 aromatic heterocycles. The van der Waals surface area contributed by atoms with Crippen LogP contribution in [0.25, 0.3) is 10.9 Å². The molecule has 1 aliphatic carbocycles. The minimum atomic E-state index is -1.72. The Bertz CT molecular complexity index is 1850. The lowest BCUT2D eigenvalue weighted by Gasteiger charge is -2.22. The number of nitrogens with one attached hydrogen (secondary N) is 2. The zero-order valence-corrected chi connectivity index (χ0v) is 22.3. The van der Waals surface area contributed by atoms with Gasteiger partial charge in [-0.25, -0.2) is 9.67 Å². The van der Waals surface area contributed by atoms with Gasteiger partial charge < -0.3 is 10.6 Å². The van der Waals surface area contributed by atoms with E-state index in [1.807, 2.05) is 30.3 Å². The van der Waals surface area contributed by atoms with Crippen LogP contribution < -0.4 is 10.6 Å².